The quantitative estimate of drug-likeness (QED) is 0.211. The average Bonchev–Trinajstić information content (AvgIpc) is 2.48. The molecule has 0 atom stereocenters. The van der Waals surface area contributed by atoms with Crippen LogP contribution in [0.5, 0.6) is 0 Å². The summed E-state index contributed by atoms with van der Waals surface area (Å²) in [6, 6.07) is 0. The topological polar surface area (TPSA) is 87.7 Å². The molecule has 0 aliphatic heterocycles. The standard InChI is InChI=1S/C16H31N3O2/c1-3-4-5-6-7-8-14(20)18-16(15(17)19-21)11-9-13(2)10-12-16/h13,21H,3-12H2,1-2H3,(H2,17,19)(H,18,20). The van der Waals surface area contributed by atoms with E-state index in [4.69, 9.17) is 10.9 Å². The molecule has 0 aromatic rings. The van der Waals surface area contributed by atoms with Gasteiger partial charge in [-0.2, -0.15) is 0 Å². The van der Waals surface area contributed by atoms with Crippen LogP contribution in [0.2, 0.25) is 0 Å². The first-order chi connectivity index (χ1) is 10.0. The highest BCUT2D eigenvalue weighted by molar-refractivity contribution is 5.94. The normalized spacial score (nSPS) is 26.6. The van der Waals surface area contributed by atoms with Crippen LogP contribution in [-0.4, -0.2) is 22.5 Å². The second-order valence-corrected chi connectivity index (χ2v) is 6.46. The summed E-state index contributed by atoms with van der Waals surface area (Å²) in [5.41, 5.74) is 5.22. The third kappa shape index (κ3) is 5.56. The lowest BCUT2D eigenvalue weighted by Gasteiger charge is -2.39. The van der Waals surface area contributed by atoms with Gasteiger partial charge in [0.1, 0.15) is 5.54 Å². The van der Waals surface area contributed by atoms with E-state index in [0.717, 1.165) is 38.5 Å². The van der Waals surface area contributed by atoms with Gasteiger partial charge in [-0.05, 0) is 38.0 Å². The molecule has 1 saturated carbocycles. The third-order valence-corrected chi connectivity index (χ3v) is 4.61. The highest BCUT2D eigenvalue weighted by atomic mass is 16.4. The average molecular weight is 297 g/mol. The number of hydrogen-bond donors (Lipinski definition) is 3. The van der Waals surface area contributed by atoms with Crippen molar-refractivity contribution in [2.75, 3.05) is 0 Å². The van der Waals surface area contributed by atoms with Crippen molar-refractivity contribution in [2.45, 2.75) is 83.6 Å². The van der Waals surface area contributed by atoms with Crippen molar-refractivity contribution in [3.05, 3.63) is 0 Å². The Balaban J connectivity index is 2.48. The van der Waals surface area contributed by atoms with Gasteiger partial charge in [-0.1, -0.05) is 44.7 Å². The number of amidine groups is 1. The van der Waals surface area contributed by atoms with E-state index in [0.29, 0.717) is 12.3 Å². The SMILES string of the molecule is CCCCCCCC(=O)NC1(/C(N)=N/O)CCC(C)CC1. The van der Waals surface area contributed by atoms with Crippen LogP contribution in [-0.2, 0) is 4.79 Å². The van der Waals surface area contributed by atoms with Gasteiger partial charge in [-0.15, -0.1) is 0 Å². The molecular weight excluding hydrogens is 266 g/mol. The molecule has 0 bridgehead atoms. The Labute approximate surface area is 128 Å². The molecule has 0 aromatic heterocycles. The predicted octanol–water partition coefficient (Wildman–Crippen LogP) is 3.16. The van der Waals surface area contributed by atoms with Crippen LogP contribution in [0.3, 0.4) is 0 Å². The molecular formula is C16H31N3O2. The Hall–Kier alpha value is -1.26. The van der Waals surface area contributed by atoms with Crippen molar-refractivity contribution in [3.8, 4) is 0 Å². The van der Waals surface area contributed by atoms with Crippen molar-refractivity contribution in [3.63, 3.8) is 0 Å². The fraction of sp³-hybridized carbons (Fsp3) is 0.875. The number of nitrogens with zero attached hydrogens (tertiary/aromatic N) is 1. The van der Waals surface area contributed by atoms with Gasteiger partial charge in [0.2, 0.25) is 5.91 Å². The summed E-state index contributed by atoms with van der Waals surface area (Å²) < 4.78 is 0. The summed E-state index contributed by atoms with van der Waals surface area (Å²) in [4.78, 5) is 12.1. The number of unbranched alkanes of at least 4 members (excludes halogenated alkanes) is 4. The summed E-state index contributed by atoms with van der Waals surface area (Å²) >= 11 is 0. The number of rotatable bonds is 8. The molecule has 21 heavy (non-hydrogen) atoms. The summed E-state index contributed by atoms with van der Waals surface area (Å²) in [5, 5.41) is 15.2. The molecule has 0 spiro atoms. The summed E-state index contributed by atoms with van der Waals surface area (Å²) in [7, 11) is 0. The molecule has 1 amide bonds. The van der Waals surface area contributed by atoms with Gasteiger partial charge < -0.3 is 16.3 Å². The molecule has 1 rings (SSSR count). The second kappa shape index (κ2) is 8.90. The van der Waals surface area contributed by atoms with Gasteiger partial charge >= 0.3 is 0 Å². The summed E-state index contributed by atoms with van der Waals surface area (Å²) in [5.74, 6) is 0.803. The van der Waals surface area contributed by atoms with Crippen LogP contribution < -0.4 is 11.1 Å². The van der Waals surface area contributed by atoms with Crippen LogP contribution in [0.1, 0.15) is 78.1 Å². The highest BCUT2D eigenvalue weighted by Gasteiger charge is 2.39. The van der Waals surface area contributed by atoms with Gasteiger partial charge in [0.15, 0.2) is 5.84 Å². The van der Waals surface area contributed by atoms with Crippen LogP contribution in [0.15, 0.2) is 5.16 Å². The molecule has 0 saturated heterocycles. The molecule has 5 heteroatoms. The van der Waals surface area contributed by atoms with E-state index in [1.807, 2.05) is 0 Å². The minimum absolute atomic E-state index is 0.0210. The van der Waals surface area contributed by atoms with Gasteiger partial charge in [-0.3, -0.25) is 4.79 Å². The molecule has 0 radical (unpaired) electrons. The largest absolute Gasteiger partial charge is 0.409 e. The van der Waals surface area contributed by atoms with E-state index in [-0.39, 0.29) is 11.7 Å². The third-order valence-electron chi connectivity index (χ3n) is 4.61. The zero-order valence-electron chi connectivity index (χ0n) is 13.5. The first-order valence-electron chi connectivity index (χ1n) is 8.33. The minimum atomic E-state index is -0.637. The van der Waals surface area contributed by atoms with E-state index >= 15 is 0 Å². The van der Waals surface area contributed by atoms with Crippen molar-refractivity contribution in [2.24, 2.45) is 16.8 Å². The lowest BCUT2D eigenvalue weighted by atomic mass is 9.76. The van der Waals surface area contributed by atoms with E-state index in [1.165, 1.54) is 19.3 Å². The van der Waals surface area contributed by atoms with E-state index in [1.54, 1.807) is 0 Å². The van der Waals surface area contributed by atoms with Gasteiger partial charge in [0, 0.05) is 6.42 Å². The van der Waals surface area contributed by atoms with Gasteiger partial charge in [0.05, 0.1) is 0 Å². The lowest BCUT2D eigenvalue weighted by Crippen LogP contribution is -2.59. The van der Waals surface area contributed by atoms with Crippen LogP contribution >= 0.6 is 0 Å². The predicted molar refractivity (Wildman–Crippen MR) is 85.3 cm³/mol. The van der Waals surface area contributed by atoms with Crippen molar-refractivity contribution >= 4 is 11.7 Å². The fourth-order valence-corrected chi connectivity index (χ4v) is 3.01. The van der Waals surface area contributed by atoms with Crippen molar-refractivity contribution in [1.29, 1.82) is 0 Å². The molecule has 0 aromatic carbocycles. The van der Waals surface area contributed by atoms with Crippen molar-refractivity contribution < 1.29 is 10.0 Å². The maximum Gasteiger partial charge on any atom is 0.220 e. The minimum Gasteiger partial charge on any atom is -0.409 e. The second-order valence-electron chi connectivity index (χ2n) is 6.46. The highest BCUT2D eigenvalue weighted by Crippen LogP contribution is 2.32. The number of amides is 1. The molecule has 4 N–H and O–H groups in total. The molecule has 0 heterocycles. The number of nitrogens with two attached hydrogens (primary N) is 1. The maximum absolute atomic E-state index is 12.1. The number of nitrogens with one attached hydrogen (secondary N) is 1. The van der Waals surface area contributed by atoms with Crippen LogP contribution in [0.4, 0.5) is 0 Å². The number of oxime groups is 1. The van der Waals surface area contributed by atoms with E-state index < -0.39 is 5.54 Å². The zero-order valence-corrected chi connectivity index (χ0v) is 13.5. The van der Waals surface area contributed by atoms with Crippen LogP contribution in [0, 0.1) is 5.92 Å². The lowest BCUT2D eigenvalue weighted by molar-refractivity contribution is -0.122. The smallest absolute Gasteiger partial charge is 0.220 e. The molecule has 1 fully saturated rings. The summed E-state index contributed by atoms with van der Waals surface area (Å²) in [6.07, 6.45) is 9.65. The monoisotopic (exact) mass is 297 g/mol. The Morgan fingerprint density at radius 1 is 1.29 bits per heavy atom. The Morgan fingerprint density at radius 3 is 2.48 bits per heavy atom. The maximum atomic E-state index is 12.1. The molecule has 1 aliphatic rings. The molecule has 1 aliphatic carbocycles. The van der Waals surface area contributed by atoms with Crippen molar-refractivity contribution in [1.82, 2.24) is 5.32 Å². The van der Waals surface area contributed by atoms with E-state index in [2.05, 4.69) is 24.3 Å². The number of carbonyl (C=O) groups is 1. The number of carbonyl (C=O) groups excluding carboxylic acids is 1. The molecule has 5 nitrogen and oxygen atoms in total. The van der Waals surface area contributed by atoms with Gasteiger partial charge in [0.25, 0.3) is 0 Å². The Morgan fingerprint density at radius 2 is 1.90 bits per heavy atom. The van der Waals surface area contributed by atoms with Gasteiger partial charge in [-0.25, -0.2) is 0 Å². The first kappa shape index (κ1) is 17.8. The van der Waals surface area contributed by atoms with E-state index in [9.17, 15) is 4.79 Å². The van der Waals surface area contributed by atoms with Crippen LogP contribution in [0.25, 0.3) is 0 Å². The Bertz CT molecular complexity index is 347. The summed E-state index contributed by atoms with van der Waals surface area (Å²) in [6.45, 7) is 4.38. The molecule has 122 valence electrons. The Kier molecular flexibility index (Phi) is 7.54. The fourth-order valence-electron chi connectivity index (χ4n) is 3.01. The first-order valence-corrected chi connectivity index (χ1v) is 8.33. The number of hydrogen-bond acceptors (Lipinski definition) is 3. The zero-order chi connectivity index (χ0) is 15.7. The molecule has 0 unspecified atom stereocenters.